The third-order valence-electron chi connectivity index (χ3n) is 6.31. The lowest BCUT2D eigenvalue weighted by molar-refractivity contribution is -0.128. The predicted octanol–water partition coefficient (Wildman–Crippen LogP) is 3.91. The molecule has 3 aromatic rings. The Morgan fingerprint density at radius 2 is 1.58 bits per heavy atom. The number of anilines is 1. The first-order valence-electron chi connectivity index (χ1n) is 11.8. The quantitative estimate of drug-likeness (QED) is 0.562. The number of fused-ring (bicyclic) bond motifs is 2. The Morgan fingerprint density at radius 3 is 2.33 bits per heavy atom. The van der Waals surface area contributed by atoms with Gasteiger partial charge in [0.25, 0.3) is 15.9 Å². The van der Waals surface area contributed by atoms with Gasteiger partial charge in [-0.05, 0) is 68.3 Å². The topological polar surface area (TPSA) is 94.2 Å². The van der Waals surface area contributed by atoms with Gasteiger partial charge < -0.3 is 19.5 Å². The van der Waals surface area contributed by atoms with E-state index in [1.807, 2.05) is 45.0 Å². The van der Waals surface area contributed by atoms with Gasteiger partial charge in [0.1, 0.15) is 19.0 Å². The number of benzene rings is 3. The summed E-state index contributed by atoms with van der Waals surface area (Å²) in [5, 5.41) is 2.95. The number of nitrogens with zero attached hydrogens (tertiary/aromatic N) is 1. The van der Waals surface area contributed by atoms with Crippen molar-refractivity contribution in [1.29, 1.82) is 0 Å². The van der Waals surface area contributed by atoms with E-state index in [1.165, 1.54) is 4.31 Å². The normalized spacial score (nSPS) is 17.5. The molecule has 0 aliphatic carbocycles. The van der Waals surface area contributed by atoms with Crippen LogP contribution in [0.5, 0.6) is 17.2 Å². The van der Waals surface area contributed by atoms with Gasteiger partial charge in [0, 0.05) is 0 Å². The minimum absolute atomic E-state index is 0.146. The highest BCUT2D eigenvalue weighted by atomic mass is 32.2. The number of ether oxygens (including phenoxy) is 3. The number of sulfonamides is 1. The molecule has 0 fully saturated rings. The van der Waals surface area contributed by atoms with Crippen molar-refractivity contribution in [1.82, 2.24) is 5.32 Å². The summed E-state index contributed by atoms with van der Waals surface area (Å²) in [6, 6.07) is 17.1. The summed E-state index contributed by atoms with van der Waals surface area (Å²) in [6.45, 7) is 6.45. The fraction of sp³-hybridized carbons (Fsp3) is 0.296. The van der Waals surface area contributed by atoms with Gasteiger partial charge in [-0.15, -0.1) is 0 Å². The van der Waals surface area contributed by atoms with Gasteiger partial charge in [-0.3, -0.25) is 9.10 Å². The van der Waals surface area contributed by atoms with Crippen LogP contribution >= 0.6 is 0 Å². The Morgan fingerprint density at radius 1 is 0.917 bits per heavy atom. The summed E-state index contributed by atoms with van der Waals surface area (Å²) in [6.07, 6.45) is -1.03. The molecule has 0 saturated carbocycles. The molecular formula is C27H28N2O6S. The molecule has 0 unspecified atom stereocenters. The summed E-state index contributed by atoms with van der Waals surface area (Å²) in [5.74, 6) is 1.24. The van der Waals surface area contributed by atoms with Crippen LogP contribution in [-0.2, 0) is 14.8 Å². The minimum atomic E-state index is -3.92. The molecule has 1 N–H and O–H groups in total. The molecule has 0 radical (unpaired) electrons. The molecule has 188 valence electrons. The van der Waals surface area contributed by atoms with Gasteiger partial charge in [0.15, 0.2) is 17.6 Å². The highest BCUT2D eigenvalue weighted by Crippen LogP contribution is 2.38. The van der Waals surface area contributed by atoms with Crippen molar-refractivity contribution in [3.8, 4) is 17.2 Å². The molecular weight excluding hydrogens is 480 g/mol. The molecule has 2 atom stereocenters. The molecule has 2 aliphatic heterocycles. The summed E-state index contributed by atoms with van der Waals surface area (Å²) in [4.78, 5) is 13.4. The zero-order valence-corrected chi connectivity index (χ0v) is 21.2. The average molecular weight is 509 g/mol. The molecule has 9 heteroatoms. The zero-order chi connectivity index (χ0) is 25.4. The van der Waals surface area contributed by atoms with Crippen molar-refractivity contribution in [3.05, 3.63) is 77.4 Å². The van der Waals surface area contributed by atoms with Crippen molar-refractivity contribution in [3.63, 3.8) is 0 Å². The maximum absolute atomic E-state index is 13.6. The second-order valence-electron chi connectivity index (χ2n) is 9.06. The third-order valence-corrected chi connectivity index (χ3v) is 8.10. The summed E-state index contributed by atoms with van der Waals surface area (Å²) >= 11 is 0. The van der Waals surface area contributed by atoms with Crippen molar-refractivity contribution < 1.29 is 27.4 Å². The lowest BCUT2D eigenvalue weighted by atomic mass is 10.1. The maximum atomic E-state index is 13.6. The van der Waals surface area contributed by atoms with Crippen molar-refractivity contribution in [2.75, 3.05) is 24.1 Å². The van der Waals surface area contributed by atoms with Crippen molar-refractivity contribution in [2.24, 2.45) is 0 Å². The number of carbonyl (C=O) groups excluding carboxylic acids is 1. The van der Waals surface area contributed by atoms with Gasteiger partial charge in [-0.1, -0.05) is 29.8 Å². The molecule has 8 nitrogen and oxygen atoms in total. The lowest BCUT2D eigenvalue weighted by Crippen LogP contribution is -2.51. The Labute approximate surface area is 210 Å². The maximum Gasteiger partial charge on any atom is 0.264 e. The first kappa shape index (κ1) is 24.0. The van der Waals surface area contributed by atoms with Gasteiger partial charge in [0.2, 0.25) is 0 Å². The monoisotopic (exact) mass is 508 g/mol. The van der Waals surface area contributed by atoms with Crippen molar-refractivity contribution in [2.45, 2.75) is 37.8 Å². The molecule has 0 saturated heterocycles. The largest absolute Gasteiger partial charge is 0.486 e. The van der Waals surface area contributed by atoms with Crippen LogP contribution in [0.25, 0.3) is 0 Å². The van der Waals surface area contributed by atoms with E-state index in [4.69, 9.17) is 14.2 Å². The van der Waals surface area contributed by atoms with Crippen LogP contribution < -0.4 is 23.8 Å². The van der Waals surface area contributed by atoms with E-state index >= 15 is 0 Å². The highest BCUT2D eigenvalue weighted by molar-refractivity contribution is 7.92. The van der Waals surface area contributed by atoms with E-state index in [0.29, 0.717) is 36.1 Å². The molecule has 0 spiro atoms. The van der Waals surface area contributed by atoms with Crippen LogP contribution in [0.2, 0.25) is 0 Å². The SMILES string of the molecule is Cc1ccc(S(=O)(=O)N2C[C@H](C(=O)N[C@@H](C)c3ccc4c(c3)OCCO4)Oc3ccc(C)cc32)cc1. The molecule has 5 rings (SSSR count). The van der Waals surface area contributed by atoms with Crippen LogP contribution in [0, 0.1) is 13.8 Å². The Balaban J connectivity index is 1.41. The number of rotatable bonds is 5. The summed E-state index contributed by atoms with van der Waals surface area (Å²) in [7, 11) is -3.92. The Kier molecular flexibility index (Phi) is 6.26. The first-order chi connectivity index (χ1) is 17.2. The van der Waals surface area contributed by atoms with E-state index < -0.39 is 22.0 Å². The second-order valence-corrected chi connectivity index (χ2v) is 10.9. The van der Waals surface area contributed by atoms with Crippen LogP contribution in [0.1, 0.15) is 29.7 Å². The molecule has 36 heavy (non-hydrogen) atoms. The smallest absolute Gasteiger partial charge is 0.264 e. The number of nitrogens with one attached hydrogen (secondary N) is 1. The van der Waals surface area contributed by atoms with Gasteiger partial charge in [-0.25, -0.2) is 8.42 Å². The minimum Gasteiger partial charge on any atom is -0.486 e. The standard InChI is InChI=1S/C27H28N2O6S/c1-17-4-8-21(9-5-17)36(31,32)29-16-26(35-23-10-6-18(2)14-22(23)29)27(30)28-19(3)20-7-11-24-25(15-20)34-13-12-33-24/h4-11,14-15,19,26H,12-13,16H2,1-3H3,(H,28,30)/t19-,26+/m0/s1. The van der Waals surface area contributed by atoms with Crippen LogP contribution in [0.15, 0.2) is 65.6 Å². The van der Waals surface area contributed by atoms with Crippen LogP contribution in [0.4, 0.5) is 5.69 Å². The summed E-state index contributed by atoms with van der Waals surface area (Å²) in [5.41, 5.74) is 3.09. The average Bonchev–Trinajstić information content (AvgIpc) is 2.87. The van der Waals surface area contributed by atoms with E-state index in [1.54, 1.807) is 36.4 Å². The fourth-order valence-corrected chi connectivity index (χ4v) is 5.75. The van der Waals surface area contributed by atoms with E-state index in [-0.39, 0.29) is 17.5 Å². The predicted molar refractivity (Wildman–Crippen MR) is 135 cm³/mol. The zero-order valence-electron chi connectivity index (χ0n) is 20.4. The fourth-order valence-electron chi connectivity index (χ4n) is 4.28. The molecule has 3 aromatic carbocycles. The van der Waals surface area contributed by atoms with Gasteiger partial charge in [0.05, 0.1) is 23.2 Å². The van der Waals surface area contributed by atoms with Gasteiger partial charge in [-0.2, -0.15) is 0 Å². The molecule has 2 aliphatic rings. The first-order valence-corrected chi connectivity index (χ1v) is 13.2. The van der Waals surface area contributed by atoms with Gasteiger partial charge >= 0.3 is 0 Å². The molecule has 0 aromatic heterocycles. The van der Waals surface area contributed by atoms with Crippen molar-refractivity contribution >= 4 is 21.6 Å². The number of carbonyl (C=O) groups is 1. The summed E-state index contributed by atoms with van der Waals surface area (Å²) < 4.78 is 45.7. The van der Waals surface area contributed by atoms with E-state index in [9.17, 15) is 13.2 Å². The number of amides is 1. The van der Waals surface area contributed by atoms with Crippen LogP contribution in [-0.4, -0.2) is 40.2 Å². The Bertz CT molecular complexity index is 1400. The highest BCUT2D eigenvalue weighted by Gasteiger charge is 2.38. The molecule has 0 bridgehead atoms. The van der Waals surface area contributed by atoms with E-state index in [0.717, 1.165) is 16.7 Å². The number of hydrogen-bond donors (Lipinski definition) is 1. The Hall–Kier alpha value is -3.72. The molecule has 1 amide bonds. The second kappa shape index (κ2) is 9.39. The number of aryl methyl sites for hydroxylation is 2. The van der Waals surface area contributed by atoms with E-state index in [2.05, 4.69) is 5.32 Å². The lowest BCUT2D eigenvalue weighted by Gasteiger charge is -2.35. The van der Waals surface area contributed by atoms with Crippen LogP contribution in [0.3, 0.4) is 0 Å². The molecule has 2 heterocycles. The number of hydrogen-bond acceptors (Lipinski definition) is 6. The third kappa shape index (κ3) is 4.58.